The van der Waals surface area contributed by atoms with E-state index in [1.165, 1.54) is 19.5 Å². The van der Waals surface area contributed by atoms with Gasteiger partial charge in [0.1, 0.15) is 24.2 Å². The van der Waals surface area contributed by atoms with Crippen LogP contribution >= 0.6 is 0 Å². The summed E-state index contributed by atoms with van der Waals surface area (Å²) in [6.45, 7) is 12.0. The van der Waals surface area contributed by atoms with Crippen LogP contribution in [-0.4, -0.2) is 65.2 Å². The number of allylic oxidation sites excluding steroid dienone is 2. The molecule has 0 spiro atoms. The van der Waals surface area contributed by atoms with Crippen molar-refractivity contribution in [3.63, 3.8) is 0 Å². The maximum Gasteiger partial charge on any atom is 0.268 e. The Bertz CT molecular complexity index is 1500. The molecule has 0 unspecified atom stereocenters. The van der Waals surface area contributed by atoms with E-state index in [0.29, 0.717) is 47.9 Å². The van der Waals surface area contributed by atoms with Crippen LogP contribution in [0, 0.1) is 0 Å². The molecule has 256 valence electrons. The Hall–Kier alpha value is -4.12. The van der Waals surface area contributed by atoms with E-state index in [1.807, 2.05) is 45.0 Å². The molecule has 2 aromatic heterocycles. The lowest BCUT2D eigenvalue weighted by atomic mass is 10.0. The third kappa shape index (κ3) is 10.2. The second-order valence-corrected chi connectivity index (χ2v) is 11.4. The average molecular weight is 653 g/mol. The number of alkyl halides is 2. The summed E-state index contributed by atoms with van der Waals surface area (Å²) in [4.78, 5) is 20.1. The molecule has 1 N–H and O–H groups in total. The molecular weight excluding hydrogens is 602 g/mol. The predicted octanol–water partition coefficient (Wildman–Crippen LogP) is 8.51. The SMILES string of the molecule is CC.CCC(C)=C(c1ccc(COc2nc(-c3c(OC)ncnc3C3CC3)ncc2NCCCOC)cc1)N(C)/C=C(\C)C(C)(F)F. The second-order valence-electron chi connectivity index (χ2n) is 11.4. The molecule has 0 radical (unpaired) electrons. The Morgan fingerprint density at radius 3 is 2.36 bits per heavy atom. The number of hydrogen-bond acceptors (Lipinski definition) is 9. The van der Waals surface area contributed by atoms with Crippen LogP contribution in [0.5, 0.6) is 11.8 Å². The number of hydrogen-bond donors (Lipinski definition) is 1. The average Bonchev–Trinajstić information content (AvgIpc) is 3.92. The number of anilines is 1. The Morgan fingerprint density at radius 2 is 1.77 bits per heavy atom. The third-order valence-corrected chi connectivity index (χ3v) is 7.79. The highest BCUT2D eigenvalue weighted by molar-refractivity contribution is 5.69. The topological polar surface area (TPSA) is 94.5 Å². The first-order valence-electron chi connectivity index (χ1n) is 16.3. The Balaban J connectivity index is 0.00000294. The molecule has 2 heterocycles. The van der Waals surface area contributed by atoms with Crippen LogP contribution in [-0.2, 0) is 11.3 Å². The number of halogens is 2. The molecule has 0 saturated heterocycles. The van der Waals surface area contributed by atoms with Crippen molar-refractivity contribution in [1.82, 2.24) is 24.8 Å². The normalized spacial score (nSPS) is 13.7. The molecular formula is C36H50F2N6O3. The summed E-state index contributed by atoms with van der Waals surface area (Å²) in [6.07, 6.45) is 8.42. The molecule has 1 aromatic carbocycles. The first-order valence-corrected chi connectivity index (χ1v) is 16.3. The molecule has 11 heteroatoms. The van der Waals surface area contributed by atoms with Gasteiger partial charge in [-0.2, -0.15) is 4.98 Å². The zero-order valence-corrected chi connectivity index (χ0v) is 29.3. The standard InChI is InChI=1S/C34H44F2N6O3.C2H6/c1-8-22(2)30(42(5)19-23(3)34(4,35)36)26-12-10-24(11-13-26)20-45-32-27(37-16-9-17-43-6)18-38-31(41-32)28-29(25-14-15-25)39-21-40-33(28)44-7;1-2/h10-13,18-19,21,25,37H,8-9,14-17,20H2,1-7H3;1-2H3/b23-19+,30-22?;. The van der Waals surface area contributed by atoms with E-state index in [1.54, 1.807) is 32.4 Å². The number of aromatic nitrogens is 4. The summed E-state index contributed by atoms with van der Waals surface area (Å²) in [7, 11) is 5.05. The number of ether oxygens (including phenoxy) is 3. The summed E-state index contributed by atoms with van der Waals surface area (Å²) in [5.41, 5.74) is 6.06. The second kappa shape index (κ2) is 17.7. The minimum atomic E-state index is -2.89. The fourth-order valence-corrected chi connectivity index (χ4v) is 4.87. The maximum absolute atomic E-state index is 13.9. The minimum absolute atomic E-state index is 0.00351. The smallest absolute Gasteiger partial charge is 0.268 e. The molecule has 9 nitrogen and oxygen atoms in total. The molecule has 1 fully saturated rings. The summed E-state index contributed by atoms with van der Waals surface area (Å²) < 4.78 is 44.8. The van der Waals surface area contributed by atoms with Crippen molar-refractivity contribution < 1.29 is 23.0 Å². The van der Waals surface area contributed by atoms with Gasteiger partial charge in [-0.25, -0.2) is 23.7 Å². The summed E-state index contributed by atoms with van der Waals surface area (Å²) in [5, 5.41) is 3.36. The quantitative estimate of drug-likeness (QED) is 0.153. The highest BCUT2D eigenvalue weighted by Crippen LogP contribution is 2.45. The highest BCUT2D eigenvalue weighted by atomic mass is 19.3. The number of methoxy groups -OCH3 is 2. The van der Waals surface area contributed by atoms with Gasteiger partial charge in [0.2, 0.25) is 11.8 Å². The first-order chi connectivity index (χ1) is 22.6. The van der Waals surface area contributed by atoms with Gasteiger partial charge < -0.3 is 24.4 Å². The molecule has 1 saturated carbocycles. The molecule has 1 aliphatic carbocycles. The molecule has 3 aromatic rings. The van der Waals surface area contributed by atoms with Gasteiger partial charge in [-0.1, -0.05) is 45.0 Å². The van der Waals surface area contributed by atoms with Gasteiger partial charge in [-0.3, -0.25) is 0 Å². The van der Waals surface area contributed by atoms with Crippen molar-refractivity contribution in [2.24, 2.45) is 0 Å². The van der Waals surface area contributed by atoms with Gasteiger partial charge in [0, 0.05) is 57.6 Å². The van der Waals surface area contributed by atoms with Crippen molar-refractivity contribution >= 4 is 11.4 Å². The Kier molecular flexibility index (Phi) is 14.1. The van der Waals surface area contributed by atoms with E-state index in [-0.39, 0.29) is 12.2 Å². The molecule has 0 atom stereocenters. The summed E-state index contributed by atoms with van der Waals surface area (Å²) >= 11 is 0. The lowest BCUT2D eigenvalue weighted by molar-refractivity contribution is 0.0622. The van der Waals surface area contributed by atoms with E-state index in [2.05, 4.69) is 27.2 Å². The van der Waals surface area contributed by atoms with Crippen LogP contribution in [0.25, 0.3) is 17.1 Å². The Labute approximate surface area is 278 Å². The minimum Gasteiger partial charge on any atom is -0.480 e. The maximum atomic E-state index is 13.9. The highest BCUT2D eigenvalue weighted by Gasteiger charge is 2.31. The van der Waals surface area contributed by atoms with Crippen LogP contribution in [0.2, 0.25) is 0 Å². The van der Waals surface area contributed by atoms with E-state index in [4.69, 9.17) is 19.2 Å². The largest absolute Gasteiger partial charge is 0.480 e. The predicted molar refractivity (Wildman–Crippen MR) is 184 cm³/mol. The molecule has 0 aliphatic heterocycles. The monoisotopic (exact) mass is 652 g/mol. The summed E-state index contributed by atoms with van der Waals surface area (Å²) in [6, 6.07) is 7.93. The van der Waals surface area contributed by atoms with Crippen LogP contribution < -0.4 is 14.8 Å². The van der Waals surface area contributed by atoms with Crippen molar-refractivity contribution in [2.45, 2.75) is 85.7 Å². The van der Waals surface area contributed by atoms with Gasteiger partial charge in [-0.05, 0) is 56.2 Å². The fourth-order valence-electron chi connectivity index (χ4n) is 4.87. The van der Waals surface area contributed by atoms with Crippen molar-refractivity contribution in [3.05, 3.63) is 71.0 Å². The van der Waals surface area contributed by atoms with Crippen LogP contribution in [0.1, 0.15) is 90.0 Å². The molecule has 1 aliphatic rings. The van der Waals surface area contributed by atoms with Crippen LogP contribution in [0.4, 0.5) is 14.5 Å². The first kappa shape index (κ1) is 37.3. The van der Waals surface area contributed by atoms with Gasteiger partial charge in [0.25, 0.3) is 5.92 Å². The number of benzene rings is 1. The zero-order chi connectivity index (χ0) is 34.6. The molecule has 0 amide bonds. The van der Waals surface area contributed by atoms with Gasteiger partial charge in [-0.15, -0.1) is 0 Å². The van der Waals surface area contributed by atoms with Crippen molar-refractivity contribution in [3.8, 4) is 23.1 Å². The van der Waals surface area contributed by atoms with E-state index in [9.17, 15) is 8.78 Å². The third-order valence-electron chi connectivity index (χ3n) is 7.79. The van der Waals surface area contributed by atoms with Gasteiger partial charge in [0.05, 0.1) is 19.0 Å². The van der Waals surface area contributed by atoms with Crippen LogP contribution in [0.15, 0.2) is 54.1 Å². The molecule has 4 rings (SSSR count). The summed E-state index contributed by atoms with van der Waals surface area (Å²) in [5.74, 6) is -1.29. The van der Waals surface area contributed by atoms with Crippen molar-refractivity contribution in [1.29, 1.82) is 0 Å². The van der Waals surface area contributed by atoms with Gasteiger partial charge in [0.15, 0.2) is 5.82 Å². The fraction of sp³-hybridized carbons (Fsp3) is 0.500. The van der Waals surface area contributed by atoms with E-state index >= 15 is 0 Å². The van der Waals surface area contributed by atoms with Crippen molar-refractivity contribution in [2.75, 3.05) is 39.7 Å². The lowest BCUT2D eigenvalue weighted by Crippen LogP contribution is -2.18. The Morgan fingerprint density at radius 1 is 1.06 bits per heavy atom. The number of rotatable bonds is 16. The van der Waals surface area contributed by atoms with E-state index < -0.39 is 5.92 Å². The molecule has 0 bridgehead atoms. The lowest BCUT2D eigenvalue weighted by Gasteiger charge is -2.24. The number of nitrogens with zero attached hydrogens (tertiary/aromatic N) is 5. The zero-order valence-electron chi connectivity index (χ0n) is 29.3. The molecule has 47 heavy (non-hydrogen) atoms. The van der Waals surface area contributed by atoms with Gasteiger partial charge >= 0.3 is 0 Å². The van der Waals surface area contributed by atoms with E-state index in [0.717, 1.165) is 60.7 Å². The number of nitrogens with one attached hydrogen (secondary N) is 1. The van der Waals surface area contributed by atoms with Crippen LogP contribution in [0.3, 0.4) is 0 Å².